The molecule has 1 unspecified atom stereocenters. The number of hydrogen-bond acceptors (Lipinski definition) is 5. The second-order valence-electron chi connectivity index (χ2n) is 9.54. The maximum Gasteiger partial charge on any atom is 0.291 e. The zero-order valence-corrected chi connectivity index (χ0v) is 20.7. The summed E-state index contributed by atoms with van der Waals surface area (Å²) in [7, 11) is 1.59. The Hall–Kier alpha value is -4.23. The Morgan fingerprint density at radius 1 is 0.919 bits per heavy atom. The largest absolute Gasteiger partial charge is 0.450 e. The van der Waals surface area contributed by atoms with Crippen molar-refractivity contribution >= 4 is 28.5 Å². The molecule has 7 nitrogen and oxygen atoms in total. The van der Waals surface area contributed by atoms with Gasteiger partial charge in [0.05, 0.1) is 23.2 Å². The number of ether oxygens (including phenoxy) is 1. The zero-order valence-electron chi connectivity index (χ0n) is 20.7. The van der Waals surface area contributed by atoms with Gasteiger partial charge in [-0.05, 0) is 37.1 Å². The van der Waals surface area contributed by atoms with Gasteiger partial charge in [-0.2, -0.15) is 0 Å². The SMILES string of the molecule is COCCCN1C(=O)c2oc3ccccc3c(=O)c2C12C(=O)N(Cc1ccc(C)cc1)c1ccccc12. The number of carbonyl (C=O) groups is 2. The molecule has 0 bridgehead atoms. The van der Waals surface area contributed by atoms with E-state index in [-0.39, 0.29) is 29.2 Å². The predicted octanol–water partition coefficient (Wildman–Crippen LogP) is 4.38. The van der Waals surface area contributed by atoms with Gasteiger partial charge in [-0.25, -0.2) is 0 Å². The van der Waals surface area contributed by atoms with Gasteiger partial charge in [0.1, 0.15) is 5.58 Å². The Bertz CT molecular complexity index is 1610. The smallest absolute Gasteiger partial charge is 0.291 e. The molecule has 7 heteroatoms. The third-order valence-corrected chi connectivity index (χ3v) is 7.33. The number of para-hydroxylation sites is 2. The van der Waals surface area contributed by atoms with Crippen LogP contribution < -0.4 is 10.3 Å². The van der Waals surface area contributed by atoms with Crippen molar-refractivity contribution < 1.29 is 18.7 Å². The summed E-state index contributed by atoms with van der Waals surface area (Å²) < 4.78 is 11.3. The van der Waals surface area contributed by atoms with Gasteiger partial charge in [0.25, 0.3) is 11.8 Å². The average molecular weight is 495 g/mol. The Kier molecular flexibility index (Phi) is 5.46. The van der Waals surface area contributed by atoms with E-state index in [1.165, 1.54) is 4.90 Å². The lowest BCUT2D eigenvalue weighted by Gasteiger charge is -2.34. The standard InChI is InChI=1S/C30H26N2O5/c1-19-12-14-20(15-13-19)18-31-23-10-5-4-9-22(23)30(29(31)35)25-26(33)21-8-3-6-11-24(21)37-27(25)28(34)32(30)16-7-17-36-2/h3-6,8-15H,7,16-18H2,1-2H3. The number of amides is 2. The van der Waals surface area contributed by atoms with Crippen LogP contribution in [-0.2, 0) is 21.6 Å². The number of carbonyl (C=O) groups excluding carboxylic acids is 2. The summed E-state index contributed by atoms with van der Waals surface area (Å²) >= 11 is 0. The second kappa shape index (κ2) is 8.71. The fraction of sp³-hybridized carbons (Fsp3) is 0.233. The van der Waals surface area contributed by atoms with Crippen LogP contribution in [0.1, 0.15) is 39.2 Å². The molecule has 0 radical (unpaired) electrons. The molecule has 2 amide bonds. The number of rotatable bonds is 6. The van der Waals surface area contributed by atoms with Gasteiger partial charge in [-0.3, -0.25) is 14.4 Å². The molecule has 1 atom stereocenters. The van der Waals surface area contributed by atoms with E-state index >= 15 is 0 Å². The van der Waals surface area contributed by atoms with Crippen LogP contribution in [0.15, 0.2) is 82.0 Å². The van der Waals surface area contributed by atoms with Gasteiger partial charge in [0.15, 0.2) is 11.0 Å². The summed E-state index contributed by atoms with van der Waals surface area (Å²) in [5.41, 5.74) is 1.81. The summed E-state index contributed by atoms with van der Waals surface area (Å²) in [5, 5.41) is 0.342. The van der Waals surface area contributed by atoms with Gasteiger partial charge in [-0.1, -0.05) is 60.2 Å². The Morgan fingerprint density at radius 3 is 2.43 bits per heavy atom. The topological polar surface area (TPSA) is 80.1 Å². The number of aryl methyl sites for hydroxylation is 1. The number of fused-ring (bicyclic) bond motifs is 5. The summed E-state index contributed by atoms with van der Waals surface area (Å²) in [6.45, 7) is 2.96. The van der Waals surface area contributed by atoms with Crippen LogP contribution in [0.2, 0.25) is 0 Å². The first-order chi connectivity index (χ1) is 18.0. The molecule has 4 aromatic rings. The fourth-order valence-electron chi connectivity index (χ4n) is 5.64. The highest BCUT2D eigenvalue weighted by atomic mass is 16.5. The molecule has 6 rings (SSSR count). The molecule has 0 aliphatic carbocycles. The molecule has 2 aliphatic rings. The quantitative estimate of drug-likeness (QED) is 0.372. The molecule has 0 saturated heterocycles. The second-order valence-corrected chi connectivity index (χ2v) is 9.54. The van der Waals surface area contributed by atoms with E-state index < -0.39 is 11.4 Å². The fourth-order valence-corrected chi connectivity index (χ4v) is 5.64. The molecule has 1 aromatic heterocycles. The van der Waals surface area contributed by atoms with Gasteiger partial charge < -0.3 is 19.0 Å². The number of nitrogens with zero attached hydrogens (tertiary/aromatic N) is 2. The van der Waals surface area contributed by atoms with E-state index in [0.29, 0.717) is 41.8 Å². The number of hydrogen-bond donors (Lipinski definition) is 0. The van der Waals surface area contributed by atoms with Gasteiger partial charge >= 0.3 is 0 Å². The van der Waals surface area contributed by atoms with Crippen LogP contribution in [-0.4, -0.2) is 37.0 Å². The first kappa shape index (κ1) is 23.2. The third-order valence-electron chi connectivity index (χ3n) is 7.33. The minimum atomic E-state index is -1.61. The molecule has 3 heterocycles. The molecule has 2 aliphatic heterocycles. The van der Waals surface area contributed by atoms with Crippen LogP contribution in [0.4, 0.5) is 5.69 Å². The van der Waals surface area contributed by atoms with Crippen molar-refractivity contribution in [2.45, 2.75) is 25.4 Å². The molecule has 186 valence electrons. The average Bonchev–Trinajstić information content (AvgIpc) is 3.30. The van der Waals surface area contributed by atoms with Crippen LogP contribution in [0.25, 0.3) is 11.0 Å². The van der Waals surface area contributed by atoms with Crippen molar-refractivity contribution in [2.75, 3.05) is 25.2 Å². The molecular formula is C30H26N2O5. The first-order valence-corrected chi connectivity index (χ1v) is 12.3. The Balaban J connectivity index is 1.61. The van der Waals surface area contributed by atoms with Crippen molar-refractivity contribution in [1.29, 1.82) is 0 Å². The molecule has 3 aromatic carbocycles. The van der Waals surface area contributed by atoms with Crippen LogP contribution in [0.5, 0.6) is 0 Å². The van der Waals surface area contributed by atoms with Gasteiger partial charge in [0, 0.05) is 25.8 Å². The highest BCUT2D eigenvalue weighted by molar-refractivity contribution is 6.17. The monoisotopic (exact) mass is 494 g/mol. The maximum atomic E-state index is 14.6. The maximum absolute atomic E-state index is 14.6. The highest BCUT2D eigenvalue weighted by Gasteiger charge is 2.64. The van der Waals surface area contributed by atoms with E-state index in [0.717, 1.165) is 11.1 Å². The number of benzene rings is 3. The number of methoxy groups -OCH3 is 1. The molecule has 37 heavy (non-hydrogen) atoms. The van der Waals surface area contributed by atoms with E-state index in [1.54, 1.807) is 36.3 Å². The van der Waals surface area contributed by atoms with Crippen molar-refractivity contribution in [3.63, 3.8) is 0 Å². The lowest BCUT2D eigenvalue weighted by Crippen LogP contribution is -2.53. The molecular weight excluding hydrogens is 468 g/mol. The van der Waals surface area contributed by atoms with Crippen molar-refractivity contribution in [2.24, 2.45) is 0 Å². The molecule has 1 spiro atoms. The van der Waals surface area contributed by atoms with Crippen LogP contribution in [0.3, 0.4) is 0 Å². The van der Waals surface area contributed by atoms with E-state index in [9.17, 15) is 14.4 Å². The lowest BCUT2D eigenvalue weighted by atomic mass is 9.84. The first-order valence-electron chi connectivity index (χ1n) is 12.3. The lowest BCUT2D eigenvalue weighted by molar-refractivity contribution is -0.126. The van der Waals surface area contributed by atoms with E-state index in [4.69, 9.17) is 9.15 Å². The summed E-state index contributed by atoms with van der Waals surface area (Å²) in [6, 6.07) is 22.2. The van der Waals surface area contributed by atoms with Gasteiger partial charge in [-0.15, -0.1) is 0 Å². The molecule has 0 saturated carbocycles. The summed E-state index contributed by atoms with van der Waals surface area (Å²) in [6.07, 6.45) is 0.499. The predicted molar refractivity (Wildman–Crippen MR) is 140 cm³/mol. The third kappa shape index (κ3) is 3.27. The van der Waals surface area contributed by atoms with Crippen molar-refractivity contribution in [3.05, 3.63) is 111 Å². The zero-order chi connectivity index (χ0) is 25.7. The Morgan fingerprint density at radius 2 is 1.65 bits per heavy atom. The number of anilines is 1. The summed E-state index contributed by atoms with van der Waals surface area (Å²) in [5.74, 6) is -0.864. The van der Waals surface area contributed by atoms with E-state index in [1.807, 2.05) is 55.5 Å². The minimum Gasteiger partial charge on any atom is -0.450 e. The van der Waals surface area contributed by atoms with E-state index in [2.05, 4.69) is 0 Å². The summed E-state index contributed by atoms with van der Waals surface area (Å²) in [4.78, 5) is 45.7. The van der Waals surface area contributed by atoms with Crippen molar-refractivity contribution in [3.8, 4) is 0 Å². The Labute approximate surface area is 213 Å². The van der Waals surface area contributed by atoms with Crippen molar-refractivity contribution in [1.82, 2.24) is 4.90 Å². The highest BCUT2D eigenvalue weighted by Crippen LogP contribution is 2.52. The van der Waals surface area contributed by atoms with Crippen LogP contribution in [0, 0.1) is 6.92 Å². The van der Waals surface area contributed by atoms with Crippen LogP contribution >= 0.6 is 0 Å². The molecule has 0 fully saturated rings. The normalized spacial score (nSPS) is 18.2. The van der Waals surface area contributed by atoms with Gasteiger partial charge in [0.2, 0.25) is 5.76 Å². The molecule has 0 N–H and O–H groups in total. The minimum absolute atomic E-state index is 0.0681.